The van der Waals surface area contributed by atoms with Gasteiger partial charge in [0, 0.05) is 6.04 Å². The van der Waals surface area contributed by atoms with E-state index in [4.69, 9.17) is 15.7 Å². The lowest BCUT2D eigenvalue weighted by Crippen LogP contribution is -2.45. The number of amides is 2. The van der Waals surface area contributed by atoms with Gasteiger partial charge >= 0.3 is 0 Å². The first-order valence-corrected chi connectivity index (χ1v) is 23.0. The molecule has 17 heteroatoms. The summed E-state index contributed by atoms with van der Waals surface area (Å²) in [7, 11) is -3.60. The second kappa shape index (κ2) is 16.7. The molecular formula is C49H46F2N10O4S. The largest absolute Gasteiger partial charge is 0.325 e. The second-order valence-corrected chi connectivity index (χ2v) is 19.4. The Bertz CT molecular complexity index is 3220. The lowest BCUT2D eigenvalue weighted by molar-refractivity contribution is -0.125. The van der Waals surface area contributed by atoms with Crippen molar-refractivity contribution in [1.29, 1.82) is 0 Å². The Hall–Kier alpha value is -7.21. The first-order valence-electron chi connectivity index (χ1n) is 21.2. The third kappa shape index (κ3) is 7.88. The molecule has 66 heavy (non-hydrogen) atoms. The SMILES string of the molecule is CC1(C)C(=O)N(c2ccc3c(cnn3-c3ccc(F)cc3)n2)[C@H](c2ccccc2)[C@H]1N.CC1(C)C(=O)N(c2ccc3c(cnn3-c3ccc(F)cc3)n2)[C@H](c2ccccc2)[C@H]1NS(C)(=O)=O. The molecule has 8 aromatic rings. The van der Waals surface area contributed by atoms with Crippen molar-refractivity contribution in [2.45, 2.75) is 51.9 Å². The summed E-state index contributed by atoms with van der Waals surface area (Å²) in [5.74, 6) is -0.0344. The fourth-order valence-electron chi connectivity index (χ4n) is 8.84. The number of pyridine rings is 2. The number of nitrogens with one attached hydrogen (secondary N) is 1. The molecule has 2 saturated heterocycles. The Morgan fingerprint density at radius 3 is 1.42 bits per heavy atom. The summed E-state index contributed by atoms with van der Waals surface area (Å²) in [6.45, 7) is 7.22. The summed E-state index contributed by atoms with van der Waals surface area (Å²) in [6.07, 6.45) is 4.31. The van der Waals surface area contributed by atoms with Gasteiger partial charge in [-0.3, -0.25) is 19.4 Å². The Labute approximate surface area is 379 Å². The van der Waals surface area contributed by atoms with Gasteiger partial charge in [0.2, 0.25) is 21.8 Å². The molecule has 2 amide bonds. The van der Waals surface area contributed by atoms with Crippen LogP contribution in [0.5, 0.6) is 0 Å². The zero-order chi connectivity index (χ0) is 46.7. The molecule has 0 spiro atoms. The molecule has 2 aliphatic heterocycles. The van der Waals surface area contributed by atoms with E-state index >= 15 is 0 Å². The molecule has 4 aromatic carbocycles. The van der Waals surface area contributed by atoms with Crippen molar-refractivity contribution in [2.75, 3.05) is 16.1 Å². The topological polar surface area (TPSA) is 174 Å². The van der Waals surface area contributed by atoms with E-state index < -0.39 is 32.9 Å². The molecule has 0 radical (unpaired) electrons. The summed E-state index contributed by atoms with van der Waals surface area (Å²) in [5, 5.41) is 8.79. The quantitative estimate of drug-likeness (QED) is 0.156. The van der Waals surface area contributed by atoms with Crippen LogP contribution in [0.4, 0.5) is 20.4 Å². The number of anilines is 2. The van der Waals surface area contributed by atoms with Gasteiger partial charge < -0.3 is 5.73 Å². The minimum atomic E-state index is -3.60. The van der Waals surface area contributed by atoms with Crippen molar-refractivity contribution < 1.29 is 26.8 Å². The summed E-state index contributed by atoms with van der Waals surface area (Å²) in [6, 6.07) is 36.3. The first kappa shape index (κ1) is 44.0. The van der Waals surface area contributed by atoms with Crippen molar-refractivity contribution >= 4 is 55.5 Å². The molecule has 0 bridgehead atoms. The third-order valence-electron chi connectivity index (χ3n) is 12.4. The van der Waals surface area contributed by atoms with Gasteiger partial charge in [-0.2, -0.15) is 10.2 Å². The lowest BCUT2D eigenvalue weighted by Gasteiger charge is -2.29. The molecule has 14 nitrogen and oxygen atoms in total. The summed E-state index contributed by atoms with van der Waals surface area (Å²) < 4.78 is 57.2. The lowest BCUT2D eigenvalue weighted by atomic mass is 9.83. The van der Waals surface area contributed by atoms with Gasteiger partial charge in [-0.25, -0.2) is 41.3 Å². The standard InChI is InChI=1S/C25H24FN5O3S.C24H22FN5O/c1-25(2)23(29-35(3,33)34)22(16-7-5-4-6-8-16)30(24(25)32)21-14-13-20-19(28-21)15-27-31(20)18-11-9-17(26)10-12-18;1-24(2)22(26)21(15-6-4-3-5-7-15)29(23(24)31)20-13-12-19-18(28-20)14-27-30(19)17-10-8-16(25)9-11-17/h4-15,22-23,29H,1-3H3;3-14,21-22H,26H2,1-2H3/t22-,23-;21-,22-/m11/s1. The number of nitrogens with two attached hydrogens (primary N) is 1. The highest BCUT2D eigenvalue weighted by Gasteiger charge is 2.56. The van der Waals surface area contributed by atoms with E-state index in [1.165, 1.54) is 24.3 Å². The minimum Gasteiger partial charge on any atom is -0.325 e. The number of halogens is 2. The Morgan fingerprint density at radius 2 is 0.985 bits per heavy atom. The van der Waals surface area contributed by atoms with E-state index in [9.17, 15) is 26.8 Å². The maximum absolute atomic E-state index is 13.7. The zero-order valence-corrected chi connectivity index (χ0v) is 37.4. The number of carbonyl (C=O) groups excluding carboxylic acids is 2. The van der Waals surface area contributed by atoms with Crippen LogP contribution < -0.4 is 20.3 Å². The number of hydrogen-bond donors (Lipinski definition) is 2. The molecule has 3 N–H and O–H groups in total. The van der Waals surface area contributed by atoms with E-state index in [1.807, 2.05) is 86.6 Å². The molecule has 4 atom stereocenters. The molecule has 0 saturated carbocycles. The summed E-state index contributed by atoms with van der Waals surface area (Å²) >= 11 is 0. The molecule has 0 aliphatic carbocycles. The van der Waals surface area contributed by atoms with Gasteiger partial charge in [-0.15, -0.1) is 0 Å². The predicted molar refractivity (Wildman–Crippen MR) is 248 cm³/mol. The predicted octanol–water partition coefficient (Wildman–Crippen LogP) is 7.59. The Morgan fingerprint density at radius 1 is 0.576 bits per heavy atom. The van der Waals surface area contributed by atoms with E-state index in [0.29, 0.717) is 33.9 Å². The maximum Gasteiger partial charge on any atom is 0.236 e. The van der Waals surface area contributed by atoms with Gasteiger partial charge in [0.1, 0.15) is 34.3 Å². The smallest absolute Gasteiger partial charge is 0.236 e. The molecule has 2 fully saturated rings. The molecule has 336 valence electrons. The van der Waals surface area contributed by atoms with Gasteiger partial charge in [-0.05, 0) is 112 Å². The summed E-state index contributed by atoms with van der Waals surface area (Å²) in [5.41, 5.74) is 10.6. The fourth-order valence-corrected chi connectivity index (χ4v) is 9.72. The molecule has 6 heterocycles. The number of sulfonamides is 1. The van der Waals surface area contributed by atoms with Crippen LogP contribution in [0, 0.1) is 22.5 Å². The number of hydrogen-bond acceptors (Lipinski definition) is 9. The Kier molecular flexibility index (Phi) is 11.1. The van der Waals surface area contributed by atoms with Gasteiger partial charge in [0.05, 0.1) is 70.0 Å². The van der Waals surface area contributed by atoms with Crippen molar-refractivity contribution in [3.63, 3.8) is 0 Å². The average Bonchev–Trinajstić information content (AvgIpc) is 4.02. The molecule has 4 aromatic heterocycles. The Balaban J connectivity index is 0.000000167. The van der Waals surface area contributed by atoms with Crippen molar-refractivity contribution in [1.82, 2.24) is 34.3 Å². The van der Waals surface area contributed by atoms with Gasteiger partial charge in [0.25, 0.3) is 0 Å². The van der Waals surface area contributed by atoms with Crippen molar-refractivity contribution in [3.8, 4) is 11.4 Å². The normalized spacial score (nSPS) is 20.2. The van der Waals surface area contributed by atoms with Crippen LogP contribution in [0.1, 0.15) is 50.9 Å². The van der Waals surface area contributed by atoms with Crippen LogP contribution in [0.3, 0.4) is 0 Å². The zero-order valence-electron chi connectivity index (χ0n) is 36.6. The van der Waals surface area contributed by atoms with Crippen molar-refractivity contribution in [3.05, 3.63) is 169 Å². The van der Waals surface area contributed by atoms with Gasteiger partial charge in [-0.1, -0.05) is 60.7 Å². The van der Waals surface area contributed by atoms with Crippen molar-refractivity contribution in [2.24, 2.45) is 16.6 Å². The monoisotopic (exact) mass is 908 g/mol. The minimum absolute atomic E-state index is 0.0633. The summed E-state index contributed by atoms with van der Waals surface area (Å²) in [4.78, 5) is 39.8. The number of fused-ring (bicyclic) bond motifs is 2. The second-order valence-electron chi connectivity index (χ2n) is 17.6. The number of nitrogens with zero attached hydrogens (tertiary/aromatic N) is 8. The fraction of sp³-hybridized carbons (Fsp3) is 0.224. The number of rotatable bonds is 8. The van der Waals surface area contributed by atoms with E-state index in [0.717, 1.165) is 28.6 Å². The molecule has 10 rings (SSSR count). The molecule has 0 unspecified atom stereocenters. The van der Waals surface area contributed by atoms with E-state index in [-0.39, 0.29) is 35.5 Å². The number of carbonyl (C=O) groups is 2. The van der Waals surface area contributed by atoms with Crippen LogP contribution in [-0.4, -0.2) is 68.1 Å². The number of aromatic nitrogens is 6. The highest BCUT2D eigenvalue weighted by atomic mass is 32.2. The maximum atomic E-state index is 13.7. The average molecular weight is 909 g/mol. The van der Waals surface area contributed by atoms with Crippen LogP contribution in [0.15, 0.2) is 146 Å². The third-order valence-corrected chi connectivity index (χ3v) is 13.1. The van der Waals surface area contributed by atoms with Crippen LogP contribution in [0.25, 0.3) is 33.4 Å². The van der Waals surface area contributed by atoms with Gasteiger partial charge in [0.15, 0.2) is 0 Å². The van der Waals surface area contributed by atoms with E-state index in [1.54, 1.807) is 81.8 Å². The van der Waals surface area contributed by atoms with Crippen LogP contribution >= 0.6 is 0 Å². The van der Waals surface area contributed by atoms with E-state index in [2.05, 4.69) is 14.9 Å². The first-order chi connectivity index (χ1) is 31.4. The molecular weight excluding hydrogens is 863 g/mol. The molecule has 2 aliphatic rings. The number of benzene rings is 4. The van der Waals surface area contributed by atoms with Crippen LogP contribution in [-0.2, 0) is 19.6 Å². The highest BCUT2D eigenvalue weighted by Crippen LogP contribution is 2.47. The highest BCUT2D eigenvalue weighted by molar-refractivity contribution is 7.88. The van der Waals surface area contributed by atoms with Crippen LogP contribution in [0.2, 0.25) is 0 Å².